The van der Waals surface area contributed by atoms with E-state index in [0.29, 0.717) is 6.42 Å². The molecule has 2 aliphatic rings. The summed E-state index contributed by atoms with van der Waals surface area (Å²) in [6, 6.07) is 5.26. The van der Waals surface area contributed by atoms with Crippen molar-refractivity contribution >= 4 is 28.5 Å². The molecule has 1 aromatic carbocycles. The van der Waals surface area contributed by atoms with Gasteiger partial charge in [-0.2, -0.15) is 0 Å². The Balaban J connectivity index is 1.78. The lowest BCUT2D eigenvalue weighted by Crippen LogP contribution is -2.44. The number of hydrogen-bond acceptors (Lipinski definition) is 5. The third-order valence-electron chi connectivity index (χ3n) is 5.08. The Bertz CT molecular complexity index is 907. The van der Waals surface area contributed by atoms with Gasteiger partial charge in [-0.05, 0) is 24.6 Å². The highest BCUT2D eigenvalue weighted by Crippen LogP contribution is 2.26. The molecule has 25 heavy (non-hydrogen) atoms. The predicted octanol–water partition coefficient (Wildman–Crippen LogP) is -0.273. The van der Waals surface area contributed by atoms with E-state index < -0.39 is 11.9 Å². The van der Waals surface area contributed by atoms with Crippen LogP contribution in [0.2, 0.25) is 0 Å². The van der Waals surface area contributed by atoms with Gasteiger partial charge in [0, 0.05) is 45.3 Å². The van der Waals surface area contributed by atoms with Gasteiger partial charge in [-0.1, -0.05) is 0 Å². The Morgan fingerprint density at radius 1 is 1.08 bits per heavy atom. The molecule has 2 N–H and O–H groups in total. The molecule has 2 aromatic rings. The Morgan fingerprint density at radius 2 is 1.84 bits per heavy atom. The monoisotopic (exact) mass is 343 g/mol. The third kappa shape index (κ3) is 2.62. The standard InChI is InChI=1S/C17H21N5O3/c1-20-14-10-11(21-8-6-18-7-9-21)2-3-12(14)22(17(20)25)13-4-5-15(23)19-16(13)24/h2-3,10,13,18H,4-9H2,1H3,(H,19,23,24)/t13-/m0/s1. The first-order chi connectivity index (χ1) is 12.1. The Morgan fingerprint density at radius 3 is 2.56 bits per heavy atom. The van der Waals surface area contributed by atoms with E-state index in [2.05, 4.69) is 15.5 Å². The second kappa shape index (κ2) is 6.03. The first kappa shape index (κ1) is 15.9. The van der Waals surface area contributed by atoms with Gasteiger partial charge in [0.05, 0.1) is 11.0 Å². The van der Waals surface area contributed by atoms with Crippen LogP contribution in [-0.4, -0.2) is 47.1 Å². The number of nitrogens with one attached hydrogen (secondary N) is 2. The van der Waals surface area contributed by atoms with Crippen LogP contribution in [0, 0.1) is 0 Å². The van der Waals surface area contributed by atoms with Crippen LogP contribution in [0.15, 0.2) is 23.0 Å². The molecule has 0 aliphatic carbocycles. The maximum absolute atomic E-state index is 12.7. The number of imidazole rings is 1. The summed E-state index contributed by atoms with van der Waals surface area (Å²) >= 11 is 0. The molecule has 1 aromatic heterocycles. The fourth-order valence-corrected chi connectivity index (χ4v) is 3.70. The number of aromatic nitrogens is 2. The van der Waals surface area contributed by atoms with Crippen LogP contribution in [0.3, 0.4) is 0 Å². The lowest BCUT2D eigenvalue weighted by Gasteiger charge is -2.29. The lowest BCUT2D eigenvalue weighted by atomic mass is 10.1. The Hall–Kier alpha value is -2.61. The van der Waals surface area contributed by atoms with Gasteiger partial charge >= 0.3 is 5.69 Å². The van der Waals surface area contributed by atoms with E-state index in [9.17, 15) is 14.4 Å². The summed E-state index contributed by atoms with van der Waals surface area (Å²) < 4.78 is 3.09. The van der Waals surface area contributed by atoms with Crippen molar-refractivity contribution in [1.82, 2.24) is 19.8 Å². The number of piperidine rings is 1. The Kier molecular flexibility index (Phi) is 3.84. The van der Waals surface area contributed by atoms with Crippen LogP contribution in [0.5, 0.6) is 0 Å². The van der Waals surface area contributed by atoms with Crippen molar-refractivity contribution in [2.45, 2.75) is 18.9 Å². The van der Waals surface area contributed by atoms with Crippen molar-refractivity contribution in [3.63, 3.8) is 0 Å². The van der Waals surface area contributed by atoms with Gasteiger partial charge in [0.15, 0.2) is 0 Å². The summed E-state index contributed by atoms with van der Waals surface area (Å²) in [4.78, 5) is 38.6. The number of rotatable bonds is 2. The summed E-state index contributed by atoms with van der Waals surface area (Å²) in [6.07, 6.45) is 0.599. The topological polar surface area (TPSA) is 88.4 Å². The van der Waals surface area contributed by atoms with Gasteiger partial charge < -0.3 is 10.2 Å². The lowest BCUT2D eigenvalue weighted by molar-refractivity contribution is -0.135. The number of aryl methyl sites for hydroxylation is 1. The van der Waals surface area contributed by atoms with Crippen molar-refractivity contribution in [3.05, 3.63) is 28.7 Å². The van der Waals surface area contributed by atoms with Crippen LogP contribution in [0.25, 0.3) is 11.0 Å². The number of piperazine rings is 1. The molecular weight excluding hydrogens is 322 g/mol. The third-order valence-corrected chi connectivity index (χ3v) is 5.08. The van der Waals surface area contributed by atoms with E-state index in [1.807, 2.05) is 18.2 Å². The van der Waals surface area contributed by atoms with E-state index >= 15 is 0 Å². The minimum absolute atomic E-state index is 0.234. The second-order valence-corrected chi connectivity index (χ2v) is 6.59. The minimum Gasteiger partial charge on any atom is -0.369 e. The number of carbonyl (C=O) groups excluding carboxylic acids is 2. The molecule has 2 aliphatic heterocycles. The number of benzene rings is 1. The first-order valence-electron chi connectivity index (χ1n) is 8.56. The van der Waals surface area contributed by atoms with Gasteiger partial charge in [-0.15, -0.1) is 0 Å². The molecule has 2 saturated heterocycles. The van der Waals surface area contributed by atoms with Crippen molar-refractivity contribution in [3.8, 4) is 0 Å². The van der Waals surface area contributed by atoms with Gasteiger partial charge in [-0.3, -0.25) is 24.0 Å². The average Bonchev–Trinajstić information content (AvgIpc) is 2.87. The summed E-state index contributed by atoms with van der Waals surface area (Å²) in [6.45, 7) is 3.73. The molecule has 0 saturated carbocycles. The minimum atomic E-state index is -0.640. The molecular formula is C17H21N5O3. The van der Waals surface area contributed by atoms with Crippen LogP contribution in [0.4, 0.5) is 5.69 Å². The van der Waals surface area contributed by atoms with Gasteiger partial charge in [0.1, 0.15) is 6.04 Å². The van der Waals surface area contributed by atoms with Gasteiger partial charge in [0.25, 0.3) is 0 Å². The first-order valence-corrected chi connectivity index (χ1v) is 8.56. The zero-order valence-corrected chi connectivity index (χ0v) is 14.1. The van der Waals surface area contributed by atoms with Crippen LogP contribution in [0.1, 0.15) is 18.9 Å². The van der Waals surface area contributed by atoms with Crippen LogP contribution >= 0.6 is 0 Å². The van der Waals surface area contributed by atoms with E-state index in [4.69, 9.17) is 0 Å². The average molecular weight is 343 g/mol. The summed E-state index contributed by atoms with van der Waals surface area (Å²) in [7, 11) is 1.72. The number of carbonyl (C=O) groups is 2. The number of nitrogens with zero attached hydrogens (tertiary/aromatic N) is 3. The fraction of sp³-hybridized carbons (Fsp3) is 0.471. The van der Waals surface area contributed by atoms with Crippen LogP contribution < -0.4 is 21.2 Å². The quantitative estimate of drug-likeness (QED) is 0.733. The normalized spacial score (nSPS) is 21.6. The summed E-state index contributed by atoms with van der Waals surface area (Å²) in [5.74, 6) is -0.687. The number of amides is 2. The number of hydrogen-bond donors (Lipinski definition) is 2. The molecule has 1 atom stereocenters. The van der Waals surface area contributed by atoms with Crippen molar-refractivity contribution in [2.75, 3.05) is 31.1 Å². The molecule has 2 fully saturated rings. The number of imide groups is 1. The molecule has 0 radical (unpaired) electrons. The largest absolute Gasteiger partial charge is 0.369 e. The number of anilines is 1. The molecule has 2 amide bonds. The smallest absolute Gasteiger partial charge is 0.329 e. The fourth-order valence-electron chi connectivity index (χ4n) is 3.70. The molecule has 0 unspecified atom stereocenters. The maximum Gasteiger partial charge on any atom is 0.329 e. The summed E-state index contributed by atoms with van der Waals surface area (Å²) in [5.41, 5.74) is 2.36. The molecule has 0 spiro atoms. The van der Waals surface area contributed by atoms with Gasteiger partial charge in [0.2, 0.25) is 11.8 Å². The van der Waals surface area contributed by atoms with Crippen molar-refractivity contribution < 1.29 is 9.59 Å². The molecule has 0 bridgehead atoms. The molecule has 8 nitrogen and oxygen atoms in total. The van der Waals surface area contributed by atoms with E-state index in [1.54, 1.807) is 11.6 Å². The van der Waals surface area contributed by atoms with Crippen molar-refractivity contribution in [1.29, 1.82) is 0 Å². The zero-order valence-electron chi connectivity index (χ0n) is 14.1. The number of fused-ring (bicyclic) bond motifs is 1. The Labute approximate surface area is 144 Å². The maximum atomic E-state index is 12.7. The van der Waals surface area contributed by atoms with E-state index in [1.165, 1.54) is 4.57 Å². The second-order valence-electron chi connectivity index (χ2n) is 6.59. The van der Waals surface area contributed by atoms with Crippen LogP contribution in [-0.2, 0) is 16.6 Å². The molecule has 132 valence electrons. The van der Waals surface area contributed by atoms with Gasteiger partial charge in [-0.25, -0.2) is 4.79 Å². The van der Waals surface area contributed by atoms with E-state index in [0.717, 1.165) is 42.9 Å². The summed E-state index contributed by atoms with van der Waals surface area (Å²) in [5, 5.41) is 5.65. The zero-order chi connectivity index (χ0) is 17.6. The predicted molar refractivity (Wildman–Crippen MR) is 93.7 cm³/mol. The highest BCUT2D eigenvalue weighted by Gasteiger charge is 2.31. The molecule has 3 heterocycles. The highest BCUT2D eigenvalue weighted by atomic mass is 16.2. The van der Waals surface area contributed by atoms with E-state index in [-0.39, 0.29) is 18.0 Å². The molecule has 4 rings (SSSR count). The van der Waals surface area contributed by atoms with Crippen molar-refractivity contribution in [2.24, 2.45) is 7.05 Å². The molecule has 8 heteroatoms. The highest BCUT2D eigenvalue weighted by molar-refractivity contribution is 6.00. The SMILES string of the molecule is Cn1c(=O)n([C@H]2CCC(=O)NC2=O)c2ccc(N3CCNCC3)cc21.